The summed E-state index contributed by atoms with van der Waals surface area (Å²) in [6.07, 6.45) is 1.19. The molecule has 0 bridgehead atoms. The van der Waals surface area contributed by atoms with E-state index in [1.165, 1.54) is 40.6 Å². The molecule has 40 heavy (non-hydrogen) atoms. The van der Waals surface area contributed by atoms with Gasteiger partial charge in [0.15, 0.2) is 23.0 Å². The van der Waals surface area contributed by atoms with Gasteiger partial charge >= 0.3 is 10.1 Å². The summed E-state index contributed by atoms with van der Waals surface area (Å²) in [6, 6.07) is 8.31. The van der Waals surface area contributed by atoms with Crippen molar-refractivity contribution in [2.45, 2.75) is 38.5 Å². The van der Waals surface area contributed by atoms with Crippen LogP contribution in [0.3, 0.4) is 0 Å². The summed E-state index contributed by atoms with van der Waals surface area (Å²) in [4.78, 5) is -0.00275. The van der Waals surface area contributed by atoms with E-state index < -0.39 is 10.1 Å². The van der Waals surface area contributed by atoms with Crippen molar-refractivity contribution in [2.24, 2.45) is 11.8 Å². The average molecular weight is 572 g/mol. The molecule has 0 fully saturated rings. The van der Waals surface area contributed by atoms with Gasteiger partial charge in [-0.15, -0.1) is 0 Å². The molecule has 2 atom stereocenters. The van der Waals surface area contributed by atoms with Gasteiger partial charge in [-0.2, -0.15) is 8.42 Å². The number of hydrogen-bond acceptors (Lipinski definition) is 9. The molecule has 1 aliphatic carbocycles. The molecule has 0 saturated carbocycles. The molecule has 0 aromatic heterocycles. The Morgan fingerprint density at radius 2 is 1.30 bits per heavy atom. The van der Waals surface area contributed by atoms with Crippen molar-refractivity contribution in [3.05, 3.63) is 47.0 Å². The van der Waals surface area contributed by atoms with Gasteiger partial charge in [0.05, 0.1) is 41.2 Å². The summed E-state index contributed by atoms with van der Waals surface area (Å²) in [6.45, 7) is 6.18. The summed E-state index contributed by atoms with van der Waals surface area (Å²) in [5.41, 5.74) is 10.6. The Morgan fingerprint density at radius 1 is 0.725 bits per heavy atom. The van der Waals surface area contributed by atoms with E-state index in [9.17, 15) is 8.42 Å². The topological polar surface area (TPSA) is 116 Å². The van der Waals surface area contributed by atoms with Crippen LogP contribution in [0.4, 0.5) is 5.69 Å². The van der Waals surface area contributed by atoms with E-state index in [0.29, 0.717) is 52.5 Å². The Bertz CT molecular complexity index is 1520. The molecule has 0 radical (unpaired) electrons. The number of rotatable bonds is 8. The first-order chi connectivity index (χ1) is 19.0. The van der Waals surface area contributed by atoms with Crippen LogP contribution in [0.2, 0.25) is 0 Å². The molecule has 0 saturated heterocycles. The van der Waals surface area contributed by atoms with Gasteiger partial charge < -0.3 is 33.6 Å². The maximum absolute atomic E-state index is 13.7. The van der Waals surface area contributed by atoms with Gasteiger partial charge in [0.2, 0.25) is 11.5 Å². The molecular formula is C30H37NO8S. The van der Waals surface area contributed by atoms with Crippen LogP contribution in [0.5, 0.6) is 34.5 Å². The second kappa shape index (κ2) is 11.4. The van der Waals surface area contributed by atoms with Crippen LogP contribution in [0.15, 0.2) is 35.2 Å². The Labute approximate surface area is 236 Å². The molecule has 10 heteroatoms. The maximum atomic E-state index is 13.7. The molecule has 0 aliphatic heterocycles. The number of methoxy groups -OCH3 is 5. The van der Waals surface area contributed by atoms with Crippen LogP contribution in [0.1, 0.15) is 30.5 Å². The lowest BCUT2D eigenvalue weighted by atomic mass is 9.77. The minimum Gasteiger partial charge on any atom is -0.493 e. The average Bonchev–Trinajstić information content (AvgIpc) is 2.93. The number of nitrogens with two attached hydrogens (primary N) is 1. The summed E-state index contributed by atoms with van der Waals surface area (Å²) < 4.78 is 62.0. The standard InChI is InChI=1S/C30H37NO8S/c1-16-9-11-20(12-10-16)40(32,33)39-28-24-21(25(31)29(37-7)30(28)38-8)14-18(3)17(2)13-19-15-22(34-4)26(35-5)27(36-6)23(19)24/h9-12,15,17-18H,13-14,31H2,1-8H3. The minimum atomic E-state index is -4.30. The minimum absolute atomic E-state index is 0.00275. The molecule has 2 N–H and O–H groups in total. The molecule has 1 aliphatic rings. The van der Waals surface area contributed by atoms with Crippen molar-refractivity contribution in [3.63, 3.8) is 0 Å². The highest BCUT2D eigenvalue weighted by Gasteiger charge is 2.37. The van der Waals surface area contributed by atoms with Crippen molar-refractivity contribution < 1.29 is 36.3 Å². The fraction of sp³-hybridized carbons (Fsp3) is 0.400. The van der Waals surface area contributed by atoms with Crippen LogP contribution in [0, 0.1) is 18.8 Å². The molecule has 2 unspecified atom stereocenters. The second-order valence-electron chi connectivity index (χ2n) is 10.1. The number of benzene rings is 3. The normalized spacial score (nSPS) is 16.6. The molecule has 3 aromatic carbocycles. The maximum Gasteiger partial charge on any atom is 0.339 e. The van der Waals surface area contributed by atoms with Gasteiger partial charge in [0.1, 0.15) is 4.90 Å². The highest BCUT2D eigenvalue weighted by Crippen LogP contribution is 2.58. The first-order valence-electron chi connectivity index (χ1n) is 12.9. The van der Waals surface area contributed by atoms with E-state index in [1.54, 1.807) is 19.2 Å². The number of ether oxygens (including phenoxy) is 5. The molecule has 0 amide bonds. The highest BCUT2D eigenvalue weighted by atomic mass is 32.2. The molecule has 4 rings (SSSR count). The number of nitrogen functional groups attached to an aromatic ring is 1. The molecule has 216 valence electrons. The fourth-order valence-electron chi connectivity index (χ4n) is 5.27. The molecule has 0 spiro atoms. The lowest BCUT2D eigenvalue weighted by Gasteiger charge is -2.31. The fourth-order valence-corrected chi connectivity index (χ4v) is 6.21. The largest absolute Gasteiger partial charge is 0.493 e. The smallest absolute Gasteiger partial charge is 0.339 e. The van der Waals surface area contributed by atoms with Crippen LogP contribution in [-0.4, -0.2) is 44.0 Å². The first kappa shape index (κ1) is 29.2. The van der Waals surface area contributed by atoms with Gasteiger partial charge in [0.25, 0.3) is 0 Å². The predicted octanol–water partition coefficient (Wildman–Crippen LogP) is 5.43. The molecule has 3 aromatic rings. The second-order valence-corrected chi connectivity index (χ2v) is 11.6. The molecular weight excluding hydrogens is 534 g/mol. The van der Waals surface area contributed by atoms with E-state index in [1.807, 2.05) is 13.0 Å². The van der Waals surface area contributed by atoms with Crippen molar-refractivity contribution in [2.75, 3.05) is 41.3 Å². The van der Waals surface area contributed by atoms with Gasteiger partial charge in [0, 0.05) is 11.1 Å². The van der Waals surface area contributed by atoms with Gasteiger partial charge in [-0.3, -0.25) is 0 Å². The van der Waals surface area contributed by atoms with Crippen LogP contribution >= 0.6 is 0 Å². The monoisotopic (exact) mass is 571 g/mol. The van der Waals surface area contributed by atoms with Crippen LogP contribution in [0.25, 0.3) is 11.1 Å². The SMILES string of the molecule is COc1cc2c(c(OC)c1OC)-c1c(c(N)c(OC)c(OC)c1OS(=O)(=O)c1ccc(C)cc1)CC(C)C(C)C2. The lowest BCUT2D eigenvalue weighted by molar-refractivity contribution is 0.322. The lowest BCUT2D eigenvalue weighted by Crippen LogP contribution is -2.20. The third-order valence-electron chi connectivity index (χ3n) is 7.62. The number of anilines is 1. The Morgan fingerprint density at radius 3 is 1.85 bits per heavy atom. The summed E-state index contributed by atoms with van der Waals surface area (Å²) in [7, 11) is 3.16. The van der Waals surface area contributed by atoms with Crippen molar-refractivity contribution in [1.29, 1.82) is 0 Å². The zero-order valence-corrected chi connectivity index (χ0v) is 25.0. The third kappa shape index (κ3) is 4.96. The first-order valence-corrected chi connectivity index (χ1v) is 14.3. The third-order valence-corrected chi connectivity index (χ3v) is 8.86. The molecule has 0 heterocycles. The molecule has 9 nitrogen and oxygen atoms in total. The number of fused-ring (bicyclic) bond motifs is 3. The van der Waals surface area contributed by atoms with E-state index in [2.05, 4.69) is 13.8 Å². The van der Waals surface area contributed by atoms with Gasteiger partial charge in [-0.25, -0.2) is 0 Å². The highest BCUT2D eigenvalue weighted by molar-refractivity contribution is 7.87. The predicted molar refractivity (Wildman–Crippen MR) is 154 cm³/mol. The summed E-state index contributed by atoms with van der Waals surface area (Å²) in [5.74, 6) is 1.83. The summed E-state index contributed by atoms with van der Waals surface area (Å²) >= 11 is 0. The van der Waals surface area contributed by atoms with Crippen molar-refractivity contribution in [3.8, 4) is 45.6 Å². The number of hydrogen-bond donors (Lipinski definition) is 1. The Hall–Kier alpha value is -3.79. The van der Waals surface area contributed by atoms with E-state index >= 15 is 0 Å². The summed E-state index contributed by atoms with van der Waals surface area (Å²) in [5, 5.41) is 0. The van der Waals surface area contributed by atoms with E-state index in [0.717, 1.165) is 11.1 Å². The zero-order chi connectivity index (χ0) is 29.4. The van der Waals surface area contributed by atoms with E-state index in [-0.39, 0.29) is 34.0 Å². The van der Waals surface area contributed by atoms with Crippen molar-refractivity contribution >= 4 is 15.8 Å². The van der Waals surface area contributed by atoms with Crippen LogP contribution in [-0.2, 0) is 23.0 Å². The van der Waals surface area contributed by atoms with Gasteiger partial charge in [-0.1, -0.05) is 31.5 Å². The van der Waals surface area contributed by atoms with Gasteiger partial charge in [-0.05, 0) is 60.9 Å². The quantitative estimate of drug-likeness (QED) is 0.279. The van der Waals surface area contributed by atoms with Crippen molar-refractivity contribution in [1.82, 2.24) is 0 Å². The van der Waals surface area contributed by atoms with Crippen LogP contribution < -0.4 is 33.6 Å². The van der Waals surface area contributed by atoms with E-state index in [4.69, 9.17) is 33.6 Å². The Kier molecular flexibility index (Phi) is 8.30. The zero-order valence-electron chi connectivity index (χ0n) is 24.2. The Balaban J connectivity index is 2.18. The number of aryl methyl sites for hydroxylation is 1.